The highest BCUT2D eigenvalue weighted by Crippen LogP contribution is 1.89. The summed E-state index contributed by atoms with van der Waals surface area (Å²) in [6, 6.07) is -0.292. The third-order valence-corrected chi connectivity index (χ3v) is 1.31. The van der Waals surface area contributed by atoms with Crippen LogP contribution in [0.25, 0.3) is 0 Å². The minimum atomic E-state index is -0.148. The molecular formula is C8H14N2O. The Kier molecular flexibility index (Phi) is 4.12. The van der Waals surface area contributed by atoms with Crippen LogP contribution in [0.15, 0.2) is 0 Å². The van der Waals surface area contributed by atoms with Gasteiger partial charge >= 0.3 is 6.03 Å². The summed E-state index contributed by atoms with van der Waals surface area (Å²) in [4.78, 5) is 12.4. The van der Waals surface area contributed by atoms with Crippen molar-refractivity contribution in [2.45, 2.75) is 19.4 Å². The Morgan fingerprint density at radius 1 is 1.73 bits per heavy atom. The van der Waals surface area contributed by atoms with Gasteiger partial charge in [0.1, 0.15) is 0 Å². The maximum atomic E-state index is 11.0. The molecule has 0 radical (unpaired) electrons. The van der Waals surface area contributed by atoms with Gasteiger partial charge in [-0.1, -0.05) is 12.8 Å². The molecule has 0 fully saturated rings. The van der Waals surface area contributed by atoms with Crippen LogP contribution in [0.2, 0.25) is 0 Å². The Bertz CT molecular complexity index is 169. The van der Waals surface area contributed by atoms with Gasteiger partial charge in [0.25, 0.3) is 0 Å². The van der Waals surface area contributed by atoms with Crippen LogP contribution in [0.5, 0.6) is 0 Å². The fraction of sp³-hybridized carbons (Fsp3) is 0.625. The third-order valence-electron chi connectivity index (χ3n) is 1.31. The average Bonchev–Trinajstić information content (AvgIpc) is 1.99. The lowest BCUT2D eigenvalue weighted by Crippen LogP contribution is -2.40. The lowest BCUT2D eigenvalue weighted by atomic mass is 10.2. The molecule has 0 bridgehead atoms. The highest BCUT2D eigenvalue weighted by atomic mass is 16.2. The molecule has 0 saturated carbocycles. The van der Waals surface area contributed by atoms with E-state index in [0.717, 1.165) is 6.42 Å². The van der Waals surface area contributed by atoms with Crippen LogP contribution < -0.4 is 5.32 Å². The molecule has 3 heteroatoms. The van der Waals surface area contributed by atoms with Gasteiger partial charge in [0.05, 0.1) is 6.04 Å². The quantitative estimate of drug-likeness (QED) is 0.582. The van der Waals surface area contributed by atoms with Crippen molar-refractivity contribution in [3.8, 4) is 12.3 Å². The fourth-order valence-corrected chi connectivity index (χ4v) is 0.540. The van der Waals surface area contributed by atoms with Crippen LogP contribution >= 0.6 is 0 Å². The molecule has 0 aliphatic heterocycles. The van der Waals surface area contributed by atoms with Gasteiger partial charge in [0.2, 0.25) is 0 Å². The Morgan fingerprint density at radius 3 is 2.55 bits per heavy atom. The van der Waals surface area contributed by atoms with Crippen molar-refractivity contribution in [3.63, 3.8) is 0 Å². The topological polar surface area (TPSA) is 32.3 Å². The number of carbonyl (C=O) groups is 1. The summed E-state index contributed by atoms with van der Waals surface area (Å²) < 4.78 is 0. The summed E-state index contributed by atoms with van der Waals surface area (Å²) in [5.41, 5.74) is 0. The number of nitrogens with zero attached hydrogens (tertiary/aromatic N) is 1. The highest BCUT2D eigenvalue weighted by molar-refractivity contribution is 5.74. The number of carbonyl (C=O) groups excluding carboxylic acids is 1. The lowest BCUT2D eigenvalue weighted by molar-refractivity contribution is 0.215. The smallest absolute Gasteiger partial charge is 0.317 e. The normalized spacial score (nSPS) is 11.5. The molecule has 0 aromatic heterocycles. The van der Waals surface area contributed by atoms with Crippen molar-refractivity contribution in [2.24, 2.45) is 0 Å². The molecule has 0 aromatic rings. The van der Waals surface area contributed by atoms with E-state index in [-0.39, 0.29) is 12.1 Å². The Balaban J connectivity index is 3.84. The number of rotatable bonds is 2. The molecule has 1 N–H and O–H groups in total. The van der Waals surface area contributed by atoms with Crippen LogP contribution in [0.3, 0.4) is 0 Å². The van der Waals surface area contributed by atoms with Crippen LogP contribution in [0, 0.1) is 12.3 Å². The van der Waals surface area contributed by atoms with Crippen LogP contribution in [-0.4, -0.2) is 31.1 Å². The summed E-state index contributed by atoms with van der Waals surface area (Å²) in [5, 5.41) is 2.67. The number of nitrogens with one attached hydrogen (secondary N) is 1. The SMILES string of the molecule is C#CC(CC)NC(=O)N(C)C. The second kappa shape index (κ2) is 4.62. The van der Waals surface area contributed by atoms with Gasteiger partial charge in [-0.2, -0.15) is 0 Å². The Labute approximate surface area is 67.8 Å². The molecule has 0 aliphatic rings. The van der Waals surface area contributed by atoms with Crippen molar-refractivity contribution in [2.75, 3.05) is 14.1 Å². The zero-order valence-electron chi connectivity index (χ0n) is 7.22. The van der Waals surface area contributed by atoms with Crippen molar-refractivity contribution < 1.29 is 4.79 Å². The largest absolute Gasteiger partial charge is 0.331 e. The van der Waals surface area contributed by atoms with Gasteiger partial charge in [0.15, 0.2) is 0 Å². The van der Waals surface area contributed by atoms with Crippen LogP contribution in [0.1, 0.15) is 13.3 Å². The molecule has 0 saturated heterocycles. The maximum absolute atomic E-state index is 11.0. The van der Waals surface area contributed by atoms with Crippen molar-refractivity contribution in [3.05, 3.63) is 0 Å². The maximum Gasteiger partial charge on any atom is 0.317 e. The van der Waals surface area contributed by atoms with Gasteiger partial charge in [-0.15, -0.1) is 6.42 Å². The first-order valence-electron chi connectivity index (χ1n) is 3.55. The molecule has 1 atom stereocenters. The molecule has 0 aromatic carbocycles. The van der Waals surface area contributed by atoms with E-state index in [2.05, 4.69) is 11.2 Å². The Morgan fingerprint density at radius 2 is 2.27 bits per heavy atom. The molecule has 3 nitrogen and oxygen atoms in total. The summed E-state index contributed by atoms with van der Waals surface area (Å²) in [7, 11) is 3.36. The van der Waals surface area contributed by atoms with Gasteiger partial charge in [-0.05, 0) is 6.42 Å². The Hall–Kier alpha value is -1.17. The number of urea groups is 1. The summed E-state index contributed by atoms with van der Waals surface area (Å²) in [6.45, 7) is 1.93. The number of amides is 2. The highest BCUT2D eigenvalue weighted by Gasteiger charge is 2.07. The van der Waals surface area contributed by atoms with E-state index in [9.17, 15) is 4.79 Å². The summed E-state index contributed by atoms with van der Waals surface area (Å²) in [5.74, 6) is 2.48. The van der Waals surface area contributed by atoms with E-state index < -0.39 is 0 Å². The van der Waals surface area contributed by atoms with E-state index in [1.165, 1.54) is 4.90 Å². The zero-order valence-corrected chi connectivity index (χ0v) is 7.22. The molecule has 0 spiro atoms. The number of hydrogen-bond donors (Lipinski definition) is 1. The molecular weight excluding hydrogens is 140 g/mol. The lowest BCUT2D eigenvalue weighted by Gasteiger charge is -2.15. The number of hydrogen-bond acceptors (Lipinski definition) is 1. The van der Waals surface area contributed by atoms with Gasteiger partial charge in [-0.25, -0.2) is 4.79 Å². The first-order valence-corrected chi connectivity index (χ1v) is 3.55. The number of terminal acetylenes is 1. The zero-order chi connectivity index (χ0) is 8.85. The van der Waals surface area contributed by atoms with Crippen LogP contribution in [0.4, 0.5) is 4.79 Å². The average molecular weight is 154 g/mol. The van der Waals surface area contributed by atoms with E-state index in [1.54, 1.807) is 14.1 Å². The second-order valence-corrected chi connectivity index (χ2v) is 2.47. The predicted molar refractivity (Wildman–Crippen MR) is 45.1 cm³/mol. The van der Waals surface area contributed by atoms with E-state index in [4.69, 9.17) is 6.42 Å². The van der Waals surface area contributed by atoms with Gasteiger partial charge in [0, 0.05) is 14.1 Å². The van der Waals surface area contributed by atoms with Crippen molar-refractivity contribution in [1.29, 1.82) is 0 Å². The molecule has 2 amide bonds. The molecule has 62 valence electrons. The third kappa shape index (κ3) is 3.51. The summed E-state index contributed by atoms with van der Waals surface area (Å²) >= 11 is 0. The van der Waals surface area contributed by atoms with Crippen molar-refractivity contribution in [1.82, 2.24) is 10.2 Å². The minimum absolute atomic E-state index is 0.144. The molecule has 0 rings (SSSR count). The minimum Gasteiger partial charge on any atom is -0.331 e. The van der Waals surface area contributed by atoms with Crippen LogP contribution in [-0.2, 0) is 0 Å². The molecule has 0 heterocycles. The molecule has 11 heavy (non-hydrogen) atoms. The van der Waals surface area contributed by atoms with Gasteiger partial charge < -0.3 is 10.2 Å². The second-order valence-electron chi connectivity index (χ2n) is 2.47. The van der Waals surface area contributed by atoms with E-state index >= 15 is 0 Å². The predicted octanol–water partition coefficient (Wildman–Crippen LogP) is 0.669. The first kappa shape index (κ1) is 9.83. The first-order chi connectivity index (χ1) is 5.11. The standard InChI is InChI=1S/C8H14N2O/c1-5-7(6-2)9-8(11)10(3)4/h1,7H,6H2,2-4H3,(H,9,11). The molecule has 1 unspecified atom stereocenters. The van der Waals surface area contributed by atoms with Crippen molar-refractivity contribution >= 4 is 6.03 Å². The monoisotopic (exact) mass is 154 g/mol. The fourth-order valence-electron chi connectivity index (χ4n) is 0.540. The molecule has 0 aliphatic carbocycles. The summed E-state index contributed by atoms with van der Waals surface area (Å²) in [6.07, 6.45) is 5.91. The van der Waals surface area contributed by atoms with E-state index in [1.807, 2.05) is 6.92 Å². The van der Waals surface area contributed by atoms with E-state index in [0.29, 0.717) is 0 Å². The van der Waals surface area contributed by atoms with Gasteiger partial charge in [-0.3, -0.25) is 0 Å².